The minimum Gasteiger partial charge on any atom is -0.452 e. The number of hydrogen-bond acceptors (Lipinski definition) is 4. The highest BCUT2D eigenvalue weighted by atomic mass is 79.9. The number of fused-ring (bicyclic) bond motifs is 1. The Balaban J connectivity index is 1.50. The summed E-state index contributed by atoms with van der Waals surface area (Å²) < 4.78 is 11.7. The van der Waals surface area contributed by atoms with Crippen LogP contribution in [0.3, 0.4) is 0 Å². The third-order valence-corrected chi connectivity index (χ3v) is 4.97. The second-order valence-electron chi connectivity index (χ2n) is 6.26. The summed E-state index contributed by atoms with van der Waals surface area (Å²) in [6, 6.07) is 21.5. The number of hydrogen-bond donors (Lipinski definition) is 0. The molecule has 1 heterocycles. The van der Waals surface area contributed by atoms with E-state index in [-0.39, 0.29) is 11.5 Å². The Labute approximate surface area is 176 Å². The lowest BCUT2D eigenvalue weighted by atomic mass is 10.1. The lowest BCUT2D eigenvalue weighted by molar-refractivity contribution is 0.0733. The van der Waals surface area contributed by atoms with Crippen molar-refractivity contribution in [3.63, 3.8) is 0 Å². The molecule has 4 rings (SSSR count). The van der Waals surface area contributed by atoms with E-state index in [1.54, 1.807) is 48.6 Å². The largest absolute Gasteiger partial charge is 0.452 e. The van der Waals surface area contributed by atoms with Crippen molar-refractivity contribution in [2.75, 3.05) is 0 Å². The summed E-state index contributed by atoms with van der Waals surface area (Å²) in [5.41, 5.74) is 1.87. The van der Waals surface area contributed by atoms with Crippen molar-refractivity contribution < 1.29 is 19.1 Å². The van der Waals surface area contributed by atoms with Gasteiger partial charge < -0.3 is 9.47 Å². The van der Waals surface area contributed by atoms with Gasteiger partial charge in [-0.15, -0.1) is 0 Å². The lowest BCUT2D eigenvalue weighted by Crippen LogP contribution is -2.09. The van der Waals surface area contributed by atoms with Crippen molar-refractivity contribution >= 4 is 33.8 Å². The molecule has 0 unspecified atom stereocenters. The van der Waals surface area contributed by atoms with Crippen molar-refractivity contribution in [2.24, 2.45) is 0 Å². The number of carbonyl (C=O) groups excluding carboxylic acids is 2. The Hall–Kier alpha value is -3.44. The molecule has 0 spiro atoms. The number of ketones is 1. The third kappa shape index (κ3) is 4.20. The smallest absolute Gasteiger partial charge is 0.344 e. The molecule has 1 aliphatic rings. The van der Waals surface area contributed by atoms with Crippen LogP contribution in [-0.2, 0) is 0 Å². The first-order valence-corrected chi connectivity index (χ1v) is 9.68. The quantitative estimate of drug-likeness (QED) is 0.287. The van der Waals surface area contributed by atoms with E-state index < -0.39 is 5.97 Å². The predicted octanol–water partition coefficient (Wildman–Crippen LogP) is 5.84. The van der Waals surface area contributed by atoms with Crippen molar-refractivity contribution in [3.8, 4) is 11.5 Å². The van der Waals surface area contributed by atoms with Crippen LogP contribution in [0.2, 0.25) is 0 Å². The van der Waals surface area contributed by atoms with E-state index in [4.69, 9.17) is 9.47 Å². The second kappa shape index (κ2) is 8.29. The van der Waals surface area contributed by atoms with Crippen LogP contribution in [0.4, 0.5) is 0 Å². The number of allylic oxidation sites excluding steroid dienone is 3. The van der Waals surface area contributed by atoms with E-state index >= 15 is 0 Å². The number of ether oxygens (including phenoxy) is 2. The zero-order valence-electron chi connectivity index (χ0n) is 15.2. The minimum absolute atomic E-state index is 0.207. The highest BCUT2D eigenvalue weighted by Crippen LogP contribution is 2.34. The van der Waals surface area contributed by atoms with Crippen molar-refractivity contribution in [2.45, 2.75) is 0 Å². The van der Waals surface area contributed by atoms with Gasteiger partial charge in [0.05, 0.1) is 11.1 Å². The van der Waals surface area contributed by atoms with E-state index in [9.17, 15) is 9.59 Å². The van der Waals surface area contributed by atoms with Gasteiger partial charge in [-0.25, -0.2) is 4.79 Å². The Morgan fingerprint density at radius 3 is 2.52 bits per heavy atom. The standard InChI is InChI=1S/C24H15BrO4/c25-20-11-5-4-10-18(20)24(27)28-17-13-14-19-22(15-17)29-21(23(19)26)12-6-9-16-7-2-1-3-8-16/h1-15H/b9-6+,21-12-. The summed E-state index contributed by atoms with van der Waals surface area (Å²) in [6.07, 6.45) is 5.28. The fourth-order valence-corrected chi connectivity index (χ4v) is 3.29. The summed E-state index contributed by atoms with van der Waals surface area (Å²) in [6.45, 7) is 0. The van der Waals surface area contributed by atoms with Gasteiger partial charge in [0.1, 0.15) is 11.5 Å². The molecule has 0 N–H and O–H groups in total. The number of carbonyl (C=O) groups is 2. The molecule has 3 aromatic carbocycles. The molecule has 0 fully saturated rings. The summed E-state index contributed by atoms with van der Waals surface area (Å²) in [7, 11) is 0. The Morgan fingerprint density at radius 1 is 0.966 bits per heavy atom. The first-order valence-electron chi connectivity index (χ1n) is 8.88. The molecule has 142 valence electrons. The third-order valence-electron chi connectivity index (χ3n) is 4.28. The molecule has 0 saturated heterocycles. The summed E-state index contributed by atoms with van der Waals surface area (Å²) >= 11 is 3.33. The maximum Gasteiger partial charge on any atom is 0.344 e. The topological polar surface area (TPSA) is 52.6 Å². The number of halogens is 1. The average molecular weight is 447 g/mol. The molecule has 0 aromatic heterocycles. The predicted molar refractivity (Wildman–Crippen MR) is 114 cm³/mol. The van der Waals surface area contributed by atoms with E-state index in [1.165, 1.54) is 0 Å². The normalized spacial score (nSPS) is 14.1. The van der Waals surface area contributed by atoms with Crippen LogP contribution < -0.4 is 9.47 Å². The fraction of sp³-hybridized carbons (Fsp3) is 0. The van der Waals surface area contributed by atoms with E-state index in [1.807, 2.05) is 42.5 Å². The van der Waals surface area contributed by atoms with Crippen molar-refractivity contribution in [1.29, 1.82) is 0 Å². The van der Waals surface area contributed by atoms with Gasteiger partial charge in [0.2, 0.25) is 5.78 Å². The summed E-state index contributed by atoms with van der Waals surface area (Å²) in [5, 5.41) is 0. The van der Waals surface area contributed by atoms with Crippen LogP contribution in [0.5, 0.6) is 11.5 Å². The molecule has 5 heteroatoms. The SMILES string of the molecule is O=C(Oc1ccc2c(c1)O/C(=C\C=C\c1ccccc1)C2=O)c1ccccc1Br. The van der Waals surface area contributed by atoms with Crippen LogP contribution in [0, 0.1) is 0 Å². The molecule has 0 aliphatic carbocycles. The number of rotatable bonds is 4. The maximum absolute atomic E-state index is 12.5. The number of esters is 1. The molecule has 0 radical (unpaired) electrons. The van der Waals surface area contributed by atoms with Crippen molar-refractivity contribution in [1.82, 2.24) is 0 Å². The van der Waals surface area contributed by atoms with Crippen LogP contribution >= 0.6 is 15.9 Å². The van der Waals surface area contributed by atoms with Gasteiger partial charge in [-0.05, 0) is 51.8 Å². The molecule has 0 bridgehead atoms. The average Bonchev–Trinajstić information content (AvgIpc) is 3.04. The number of benzene rings is 3. The van der Waals surface area contributed by atoms with E-state index in [2.05, 4.69) is 15.9 Å². The van der Waals surface area contributed by atoms with Crippen LogP contribution in [0.1, 0.15) is 26.3 Å². The minimum atomic E-state index is -0.497. The van der Waals surface area contributed by atoms with Crippen LogP contribution in [-0.4, -0.2) is 11.8 Å². The molecule has 0 saturated carbocycles. The zero-order chi connectivity index (χ0) is 20.2. The van der Waals surface area contributed by atoms with Gasteiger partial charge in [0.15, 0.2) is 5.76 Å². The fourth-order valence-electron chi connectivity index (χ4n) is 2.84. The van der Waals surface area contributed by atoms with E-state index in [0.29, 0.717) is 27.1 Å². The second-order valence-corrected chi connectivity index (χ2v) is 7.11. The number of Topliss-reactive ketones (excluding diaryl/α,β-unsaturated/α-hetero) is 1. The molecule has 1 aliphatic heterocycles. The summed E-state index contributed by atoms with van der Waals surface area (Å²) in [5.74, 6) is 0.191. The van der Waals surface area contributed by atoms with Crippen LogP contribution in [0.25, 0.3) is 6.08 Å². The molecular formula is C24H15BrO4. The molecular weight excluding hydrogens is 432 g/mol. The lowest BCUT2D eigenvalue weighted by Gasteiger charge is -2.06. The van der Waals surface area contributed by atoms with Gasteiger partial charge in [-0.3, -0.25) is 4.79 Å². The van der Waals surface area contributed by atoms with Gasteiger partial charge in [0.25, 0.3) is 0 Å². The van der Waals surface area contributed by atoms with Crippen molar-refractivity contribution in [3.05, 3.63) is 112 Å². The van der Waals surface area contributed by atoms with Gasteiger partial charge in [-0.2, -0.15) is 0 Å². The molecule has 3 aromatic rings. The highest BCUT2D eigenvalue weighted by Gasteiger charge is 2.27. The Morgan fingerprint density at radius 2 is 1.72 bits per heavy atom. The molecule has 0 atom stereocenters. The summed E-state index contributed by atoms with van der Waals surface area (Å²) in [4.78, 5) is 24.9. The highest BCUT2D eigenvalue weighted by molar-refractivity contribution is 9.10. The zero-order valence-corrected chi connectivity index (χ0v) is 16.8. The van der Waals surface area contributed by atoms with Crippen LogP contribution in [0.15, 0.2) is 95.2 Å². The van der Waals surface area contributed by atoms with Gasteiger partial charge >= 0.3 is 5.97 Å². The first kappa shape index (κ1) is 18.9. The monoisotopic (exact) mass is 446 g/mol. The maximum atomic E-state index is 12.5. The Kier molecular flexibility index (Phi) is 5.40. The van der Waals surface area contributed by atoms with Gasteiger partial charge in [-0.1, -0.05) is 54.6 Å². The van der Waals surface area contributed by atoms with Gasteiger partial charge in [0, 0.05) is 10.5 Å². The Bertz CT molecular complexity index is 1150. The first-order chi connectivity index (χ1) is 14.1. The molecule has 4 nitrogen and oxygen atoms in total. The van der Waals surface area contributed by atoms with E-state index in [0.717, 1.165) is 5.56 Å². The molecule has 29 heavy (non-hydrogen) atoms. The molecule has 0 amide bonds.